The van der Waals surface area contributed by atoms with Crippen LogP contribution in [0, 0.1) is 5.82 Å². The van der Waals surface area contributed by atoms with Gasteiger partial charge in [0.1, 0.15) is 11.6 Å². The lowest BCUT2D eigenvalue weighted by molar-refractivity contribution is -0.0504. The van der Waals surface area contributed by atoms with Crippen LogP contribution in [-0.2, 0) is 0 Å². The highest BCUT2D eigenvalue weighted by Crippen LogP contribution is 2.35. The molecule has 0 fully saturated rings. The van der Waals surface area contributed by atoms with Gasteiger partial charge < -0.3 is 4.74 Å². The van der Waals surface area contributed by atoms with E-state index >= 15 is 0 Å². The Balaban J connectivity index is 2.32. The molecule has 0 N–H and O–H groups in total. The first-order valence-electron chi connectivity index (χ1n) is 5.51. The van der Waals surface area contributed by atoms with Gasteiger partial charge in [-0.2, -0.15) is 8.78 Å². The molecule has 1 atom stereocenters. The highest BCUT2D eigenvalue weighted by Gasteiger charge is 2.17. The molecular weight excluding hydrogens is 277 g/mol. The summed E-state index contributed by atoms with van der Waals surface area (Å²) in [6, 6.07) is 11.8. The van der Waals surface area contributed by atoms with E-state index in [0.29, 0.717) is 11.1 Å². The van der Waals surface area contributed by atoms with Gasteiger partial charge in [0.25, 0.3) is 0 Å². The number of halogens is 4. The standard InChI is InChI=1S/C14H10ClF3O/c15-13(9-5-7-10(16)8-6-9)11-3-1-2-4-12(11)19-14(17)18/h1-8,13-14H. The molecule has 0 saturated carbocycles. The average Bonchev–Trinajstić information content (AvgIpc) is 2.39. The molecule has 0 spiro atoms. The van der Waals surface area contributed by atoms with Crippen molar-refractivity contribution in [1.29, 1.82) is 0 Å². The molecule has 0 aliphatic heterocycles. The summed E-state index contributed by atoms with van der Waals surface area (Å²) < 4.78 is 41.9. The van der Waals surface area contributed by atoms with Crippen LogP contribution in [0.25, 0.3) is 0 Å². The van der Waals surface area contributed by atoms with Gasteiger partial charge in [0.2, 0.25) is 0 Å². The Bertz CT molecular complexity index is 543. The third-order valence-corrected chi connectivity index (χ3v) is 3.06. The molecule has 2 aromatic rings. The number of benzene rings is 2. The summed E-state index contributed by atoms with van der Waals surface area (Å²) in [6.07, 6.45) is 0. The van der Waals surface area contributed by atoms with Gasteiger partial charge in [0, 0.05) is 5.56 Å². The van der Waals surface area contributed by atoms with Crippen molar-refractivity contribution in [3.8, 4) is 5.75 Å². The van der Waals surface area contributed by atoms with Crippen molar-refractivity contribution in [2.45, 2.75) is 12.0 Å². The van der Waals surface area contributed by atoms with E-state index in [4.69, 9.17) is 11.6 Å². The Hall–Kier alpha value is -1.68. The zero-order valence-corrected chi connectivity index (χ0v) is 10.4. The third-order valence-electron chi connectivity index (χ3n) is 2.57. The van der Waals surface area contributed by atoms with Crippen molar-refractivity contribution >= 4 is 11.6 Å². The first-order chi connectivity index (χ1) is 9.08. The normalized spacial score (nSPS) is 12.5. The van der Waals surface area contributed by atoms with Gasteiger partial charge in [-0.25, -0.2) is 4.39 Å². The van der Waals surface area contributed by atoms with Crippen LogP contribution in [-0.4, -0.2) is 6.61 Å². The van der Waals surface area contributed by atoms with Crippen molar-refractivity contribution in [2.24, 2.45) is 0 Å². The van der Waals surface area contributed by atoms with Crippen molar-refractivity contribution in [2.75, 3.05) is 0 Å². The van der Waals surface area contributed by atoms with Crippen molar-refractivity contribution < 1.29 is 17.9 Å². The number of alkyl halides is 3. The lowest BCUT2D eigenvalue weighted by Crippen LogP contribution is -2.05. The topological polar surface area (TPSA) is 9.23 Å². The monoisotopic (exact) mass is 286 g/mol. The summed E-state index contributed by atoms with van der Waals surface area (Å²) in [5.74, 6) is -0.369. The van der Waals surface area contributed by atoms with E-state index in [1.54, 1.807) is 18.2 Å². The molecule has 1 nitrogen and oxygen atoms in total. The van der Waals surface area contributed by atoms with Gasteiger partial charge in [-0.15, -0.1) is 11.6 Å². The summed E-state index contributed by atoms with van der Waals surface area (Å²) in [5, 5.41) is -0.685. The Labute approximate surface area is 113 Å². The van der Waals surface area contributed by atoms with Crippen LogP contribution in [0.2, 0.25) is 0 Å². The minimum absolute atomic E-state index is 0.0156. The first kappa shape index (κ1) is 13.7. The van der Waals surface area contributed by atoms with E-state index in [-0.39, 0.29) is 11.6 Å². The molecule has 0 bridgehead atoms. The highest BCUT2D eigenvalue weighted by molar-refractivity contribution is 6.22. The van der Waals surface area contributed by atoms with Crippen LogP contribution in [0.1, 0.15) is 16.5 Å². The number of hydrogen-bond acceptors (Lipinski definition) is 1. The van der Waals surface area contributed by atoms with Crippen LogP contribution in [0.5, 0.6) is 5.75 Å². The molecule has 0 radical (unpaired) electrons. The Kier molecular flexibility index (Phi) is 4.32. The number of ether oxygens (including phenoxy) is 1. The van der Waals surface area contributed by atoms with Crippen LogP contribution in [0.15, 0.2) is 48.5 Å². The maximum Gasteiger partial charge on any atom is 0.387 e. The van der Waals surface area contributed by atoms with E-state index < -0.39 is 12.0 Å². The Morgan fingerprint density at radius 1 is 0.947 bits per heavy atom. The third kappa shape index (κ3) is 3.41. The van der Waals surface area contributed by atoms with Crippen LogP contribution >= 0.6 is 11.6 Å². The van der Waals surface area contributed by atoms with Crippen molar-refractivity contribution in [1.82, 2.24) is 0 Å². The largest absolute Gasteiger partial charge is 0.434 e. The van der Waals surface area contributed by atoms with E-state index in [2.05, 4.69) is 4.74 Å². The first-order valence-corrected chi connectivity index (χ1v) is 5.95. The van der Waals surface area contributed by atoms with Crippen molar-refractivity contribution in [3.63, 3.8) is 0 Å². The molecule has 0 amide bonds. The van der Waals surface area contributed by atoms with E-state index in [1.807, 2.05) is 0 Å². The average molecular weight is 287 g/mol. The van der Waals surface area contributed by atoms with Crippen LogP contribution in [0.3, 0.4) is 0 Å². The van der Waals surface area contributed by atoms with E-state index in [9.17, 15) is 13.2 Å². The van der Waals surface area contributed by atoms with Gasteiger partial charge in [-0.3, -0.25) is 0 Å². The maximum atomic E-state index is 12.8. The predicted octanol–water partition coefficient (Wildman–Crippen LogP) is 4.76. The number of para-hydroxylation sites is 1. The van der Waals surface area contributed by atoms with Gasteiger partial charge >= 0.3 is 6.61 Å². The molecule has 1 unspecified atom stereocenters. The second kappa shape index (κ2) is 5.97. The van der Waals surface area contributed by atoms with Gasteiger partial charge in [-0.05, 0) is 23.8 Å². The van der Waals surface area contributed by atoms with Gasteiger partial charge in [0.15, 0.2) is 0 Å². The SMILES string of the molecule is Fc1ccc(C(Cl)c2ccccc2OC(F)F)cc1. The highest BCUT2D eigenvalue weighted by atomic mass is 35.5. The van der Waals surface area contributed by atoms with E-state index in [1.165, 1.54) is 30.3 Å². The molecule has 0 heterocycles. The zero-order valence-electron chi connectivity index (χ0n) is 9.69. The maximum absolute atomic E-state index is 12.8. The minimum atomic E-state index is -2.92. The lowest BCUT2D eigenvalue weighted by Gasteiger charge is -2.15. The fourth-order valence-corrected chi connectivity index (χ4v) is 2.03. The van der Waals surface area contributed by atoms with Crippen molar-refractivity contribution in [3.05, 3.63) is 65.5 Å². The second-order valence-electron chi connectivity index (χ2n) is 3.83. The predicted molar refractivity (Wildman–Crippen MR) is 67.2 cm³/mol. The number of hydrogen-bond donors (Lipinski definition) is 0. The Morgan fingerprint density at radius 3 is 2.21 bits per heavy atom. The van der Waals surface area contributed by atoms with Crippen LogP contribution < -0.4 is 4.74 Å². The summed E-state index contributed by atoms with van der Waals surface area (Å²) in [7, 11) is 0. The molecule has 0 aliphatic carbocycles. The fourth-order valence-electron chi connectivity index (χ4n) is 1.70. The molecule has 2 aromatic carbocycles. The molecule has 5 heteroatoms. The molecule has 2 rings (SSSR count). The van der Waals surface area contributed by atoms with E-state index in [0.717, 1.165) is 0 Å². The van der Waals surface area contributed by atoms with Gasteiger partial charge in [-0.1, -0.05) is 30.3 Å². The molecule has 100 valence electrons. The summed E-state index contributed by atoms with van der Waals surface area (Å²) in [4.78, 5) is 0. The molecule has 0 saturated heterocycles. The van der Waals surface area contributed by atoms with Crippen LogP contribution in [0.4, 0.5) is 13.2 Å². The lowest BCUT2D eigenvalue weighted by atomic mass is 10.0. The quantitative estimate of drug-likeness (QED) is 0.737. The van der Waals surface area contributed by atoms with Gasteiger partial charge in [0.05, 0.1) is 5.38 Å². The molecule has 0 aliphatic rings. The molecular formula is C14H10ClF3O. The second-order valence-corrected chi connectivity index (χ2v) is 4.27. The Morgan fingerprint density at radius 2 is 1.58 bits per heavy atom. The summed E-state index contributed by atoms with van der Waals surface area (Å²) in [5.41, 5.74) is 1.02. The molecule has 19 heavy (non-hydrogen) atoms. The molecule has 0 aromatic heterocycles. The smallest absolute Gasteiger partial charge is 0.387 e. The fraction of sp³-hybridized carbons (Fsp3) is 0.143. The summed E-state index contributed by atoms with van der Waals surface area (Å²) >= 11 is 6.23. The zero-order chi connectivity index (χ0) is 13.8. The number of rotatable bonds is 4. The summed E-state index contributed by atoms with van der Waals surface area (Å²) in [6.45, 7) is -2.92. The minimum Gasteiger partial charge on any atom is -0.434 e.